The van der Waals surface area contributed by atoms with E-state index in [0.717, 1.165) is 22.7 Å². The Morgan fingerprint density at radius 3 is 2.75 bits per heavy atom. The van der Waals surface area contributed by atoms with E-state index in [-0.39, 0.29) is 12.1 Å². The minimum atomic E-state index is -4.40. The van der Waals surface area contributed by atoms with E-state index in [9.17, 15) is 18.0 Å². The topological polar surface area (TPSA) is 70.1 Å². The number of aromatic nitrogens is 1. The first-order valence-electron chi connectivity index (χ1n) is 9.07. The number of alkyl halides is 3. The van der Waals surface area contributed by atoms with E-state index in [1.54, 1.807) is 4.90 Å². The Hall–Kier alpha value is -2.04. The van der Waals surface area contributed by atoms with Crippen molar-refractivity contribution in [1.29, 1.82) is 0 Å². The molecule has 3 rings (SSSR count). The quantitative estimate of drug-likeness (QED) is 0.816. The van der Waals surface area contributed by atoms with E-state index in [2.05, 4.69) is 20.2 Å². The number of ether oxygens (including phenoxy) is 1. The fourth-order valence-electron chi connectivity index (χ4n) is 3.06. The van der Waals surface area contributed by atoms with Crippen molar-refractivity contribution >= 4 is 23.4 Å². The number of carbonyl (C=O) groups excluding carboxylic acids is 1. The first kappa shape index (κ1) is 20.7. The molecular formula is C17H24F3N5O2S. The molecule has 2 aliphatic heterocycles. The number of rotatable bonds is 3. The molecule has 7 nitrogen and oxygen atoms in total. The summed E-state index contributed by atoms with van der Waals surface area (Å²) in [6.07, 6.45) is -4.33. The van der Waals surface area contributed by atoms with Gasteiger partial charge in [-0.25, -0.2) is 9.78 Å². The average molecular weight is 419 g/mol. The lowest BCUT2D eigenvalue weighted by molar-refractivity contribution is -0.140. The van der Waals surface area contributed by atoms with E-state index in [1.165, 1.54) is 0 Å². The van der Waals surface area contributed by atoms with Crippen molar-refractivity contribution in [2.24, 2.45) is 4.99 Å². The number of fused-ring (bicyclic) bond motifs is 1. The van der Waals surface area contributed by atoms with E-state index in [1.807, 2.05) is 20.8 Å². The third kappa shape index (κ3) is 5.06. The van der Waals surface area contributed by atoms with Crippen LogP contribution in [0.5, 0.6) is 0 Å². The molecule has 2 aliphatic rings. The first-order chi connectivity index (χ1) is 13.0. The van der Waals surface area contributed by atoms with Crippen molar-refractivity contribution < 1.29 is 22.7 Å². The van der Waals surface area contributed by atoms with Crippen LogP contribution in [-0.4, -0.2) is 71.2 Å². The van der Waals surface area contributed by atoms with Crippen LogP contribution in [-0.2, 0) is 17.3 Å². The van der Waals surface area contributed by atoms with Crippen molar-refractivity contribution in [3.05, 3.63) is 16.1 Å². The van der Waals surface area contributed by atoms with Gasteiger partial charge in [0.15, 0.2) is 11.7 Å². The summed E-state index contributed by atoms with van der Waals surface area (Å²) in [5, 5.41) is 4.66. The van der Waals surface area contributed by atoms with Gasteiger partial charge in [-0.3, -0.25) is 4.99 Å². The Kier molecular flexibility index (Phi) is 5.74. The Morgan fingerprint density at radius 1 is 1.36 bits per heavy atom. The fraction of sp³-hybridized carbons (Fsp3) is 0.706. The van der Waals surface area contributed by atoms with Crippen molar-refractivity contribution in [2.45, 2.75) is 45.0 Å². The maximum atomic E-state index is 12.6. The zero-order chi connectivity index (χ0) is 20.5. The molecule has 0 aromatic carbocycles. The van der Waals surface area contributed by atoms with Gasteiger partial charge < -0.3 is 19.9 Å². The molecule has 0 saturated carbocycles. The van der Waals surface area contributed by atoms with Crippen molar-refractivity contribution in [3.63, 3.8) is 0 Å². The standard InChI is InChI=1S/C17H24F3N5O2S/c1-16(2,3)27-15(26)24-6-7-25-11(9-24)8-22-14(25)21-5-4-13-23-12(10-28-13)17(18,19)20/h10-11H,4-9H2,1-3H3,(H,21,22). The lowest BCUT2D eigenvalue weighted by atomic mass is 10.2. The van der Waals surface area contributed by atoms with Crippen LogP contribution in [0.4, 0.5) is 18.0 Å². The number of hydrogen-bond acceptors (Lipinski definition) is 7. The minimum Gasteiger partial charge on any atom is -0.444 e. The summed E-state index contributed by atoms with van der Waals surface area (Å²) in [7, 11) is 0. The maximum absolute atomic E-state index is 12.6. The van der Waals surface area contributed by atoms with Gasteiger partial charge in [0.1, 0.15) is 5.60 Å². The van der Waals surface area contributed by atoms with Crippen LogP contribution < -0.4 is 5.32 Å². The number of nitrogens with zero attached hydrogens (tertiary/aromatic N) is 4. The largest absolute Gasteiger partial charge is 0.444 e. The molecule has 1 amide bonds. The highest BCUT2D eigenvalue weighted by molar-refractivity contribution is 7.09. The molecule has 28 heavy (non-hydrogen) atoms. The summed E-state index contributed by atoms with van der Waals surface area (Å²) in [5.74, 6) is 0.724. The van der Waals surface area contributed by atoms with Crippen LogP contribution in [0.1, 0.15) is 31.5 Å². The van der Waals surface area contributed by atoms with Crippen LogP contribution in [0.3, 0.4) is 0 Å². The molecule has 1 N–H and O–H groups in total. The van der Waals surface area contributed by atoms with Crippen molar-refractivity contribution in [2.75, 3.05) is 32.7 Å². The van der Waals surface area contributed by atoms with E-state index in [0.29, 0.717) is 44.2 Å². The number of hydrogen-bond donors (Lipinski definition) is 1. The number of carbonyl (C=O) groups is 1. The molecular weight excluding hydrogens is 395 g/mol. The molecule has 0 spiro atoms. The van der Waals surface area contributed by atoms with E-state index in [4.69, 9.17) is 4.74 Å². The molecule has 1 fully saturated rings. The highest BCUT2D eigenvalue weighted by Crippen LogP contribution is 2.30. The Bertz CT molecular complexity index is 744. The summed E-state index contributed by atoms with van der Waals surface area (Å²) in [6, 6.07) is 0.0838. The van der Waals surface area contributed by atoms with Crippen LogP contribution in [0.25, 0.3) is 0 Å². The van der Waals surface area contributed by atoms with Gasteiger partial charge in [-0.1, -0.05) is 0 Å². The SMILES string of the molecule is CC(C)(C)OC(=O)N1CCN2C(NCCc3nc(C(F)(F)F)cs3)=NCC2C1. The van der Waals surface area contributed by atoms with E-state index >= 15 is 0 Å². The summed E-state index contributed by atoms with van der Waals surface area (Å²) < 4.78 is 43.2. The molecule has 3 heterocycles. The van der Waals surface area contributed by atoms with Crippen molar-refractivity contribution in [1.82, 2.24) is 20.1 Å². The molecule has 1 atom stereocenters. The molecule has 1 saturated heterocycles. The van der Waals surface area contributed by atoms with Gasteiger partial charge in [0.25, 0.3) is 0 Å². The number of aliphatic imine (C=N–C) groups is 1. The molecule has 11 heteroatoms. The normalized spacial score (nSPS) is 20.1. The number of halogens is 3. The molecule has 1 aromatic heterocycles. The molecule has 1 aromatic rings. The fourth-order valence-corrected chi connectivity index (χ4v) is 3.86. The van der Waals surface area contributed by atoms with Gasteiger partial charge in [0, 0.05) is 38.0 Å². The Balaban J connectivity index is 1.46. The van der Waals surface area contributed by atoms with E-state index < -0.39 is 17.5 Å². The van der Waals surface area contributed by atoms with Gasteiger partial charge in [-0.2, -0.15) is 13.2 Å². The Morgan fingerprint density at radius 2 is 2.11 bits per heavy atom. The third-order valence-electron chi connectivity index (χ3n) is 4.32. The number of nitrogens with one attached hydrogen (secondary N) is 1. The second kappa shape index (κ2) is 7.76. The van der Waals surface area contributed by atoms with Gasteiger partial charge in [0.05, 0.1) is 17.6 Å². The number of piperazine rings is 1. The minimum absolute atomic E-state index is 0.0838. The third-order valence-corrected chi connectivity index (χ3v) is 5.23. The lowest BCUT2D eigenvalue weighted by Crippen LogP contribution is -2.57. The molecule has 156 valence electrons. The number of thiazole rings is 1. The monoisotopic (exact) mass is 419 g/mol. The second-order valence-electron chi connectivity index (χ2n) is 7.74. The number of guanidine groups is 1. The highest BCUT2D eigenvalue weighted by Gasteiger charge is 2.36. The predicted octanol–water partition coefficient (Wildman–Crippen LogP) is 2.58. The highest BCUT2D eigenvalue weighted by atomic mass is 32.1. The molecule has 0 aliphatic carbocycles. The smallest absolute Gasteiger partial charge is 0.434 e. The molecule has 0 bridgehead atoms. The summed E-state index contributed by atoms with van der Waals surface area (Å²) in [6.45, 7) is 8.22. The van der Waals surface area contributed by atoms with Crippen molar-refractivity contribution in [3.8, 4) is 0 Å². The zero-order valence-electron chi connectivity index (χ0n) is 16.0. The van der Waals surface area contributed by atoms with Crippen LogP contribution >= 0.6 is 11.3 Å². The van der Waals surface area contributed by atoms with Gasteiger partial charge in [-0.15, -0.1) is 11.3 Å². The van der Waals surface area contributed by atoms with Gasteiger partial charge >= 0.3 is 12.3 Å². The number of amides is 1. The molecule has 0 radical (unpaired) electrons. The lowest BCUT2D eigenvalue weighted by Gasteiger charge is -2.39. The van der Waals surface area contributed by atoms with Gasteiger partial charge in [0.2, 0.25) is 0 Å². The summed E-state index contributed by atoms with van der Waals surface area (Å²) in [4.78, 5) is 24.1. The van der Waals surface area contributed by atoms with Crippen LogP contribution in [0, 0.1) is 0 Å². The van der Waals surface area contributed by atoms with Crippen LogP contribution in [0.15, 0.2) is 10.4 Å². The summed E-state index contributed by atoms with van der Waals surface area (Å²) in [5.41, 5.74) is -1.38. The Labute approximate surface area is 165 Å². The average Bonchev–Trinajstić information content (AvgIpc) is 3.20. The van der Waals surface area contributed by atoms with Crippen LogP contribution in [0.2, 0.25) is 0 Å². The van der Waals surface area contributed by atoms with Gasteiger partial charge in [-0.05, 0) is 20.8 Å². The predicted molar refractivity (Wildman–Crippen MR) is 99.4 cm³/mol. The molecule has 1 unspecified atom stereocenters. The second-order valence-corrected chi connectivity index (χ2v) is 8.68. The zero-order valence-corrected chi connectivity index (χ0v) is 16.9. The maximum Gasteiger partial charge on any atom is 0.434 e. The first-order valence-corrected chi connectivity index (χ1v) is 9.95. The summed E-state index contributed by atoms with van der Waals surface area (Å²) >= 11 is 1.01.